The van der Waals surface area contributed by atoms with Crippen molar-refractivity contribution in [3.63, 3.8) is 0 Å². The van der Waals surface area contributed by atoms with Crippen LogP contribution >= 0.6 is 0 Å². The van der Waals surface area contributed by atoms with Crippen LogP contribution in [0.25, 0.3) is 0 Å². The van der Waals surface area contributed by atoms with E-state index >= 15 is 0 Å². The van der Waals surface area contributed by atoms with Crippen LogP contribution < -0.4 is 5.32 Å². The molecule has 0 aromatic heterocycles. The van der Waals surface area contributed by atoms with Crippen LogP contribution in [0.2, 0.25) is 0 Å². The second-order valence-corrected chi connectivity index (χ2v) is 5.33. The van der Waals surface area contributed by atoms with Crippen molar-refractivity contribution in [2.24, 2.45) is 5.92 Å². The summed E-state index contributed by atoms with van der Waals surface area (Å²) in [6.07, 6.45) is 2.51. The highest BCUT2D eigenvalue weighted by Gasteiger charge is 2.24. The number of benzene rings is 1. The summed E-state index contributed by atoms with van der Waals surface area (Å²) in [5, 5.41) is 11.4. The predicted octanol–water partition coefficient (Wildman–Crippen LogP) is 2.93. The molecule has 0 spiro atoms. The molecular formula is C15H19FN2O3. The molecule has 6 heteroatoms. The lowest BCUT2D eigenvalue weighted by Gasteiger charge is -2.32. The number of rotatable bonds is 4. The molecule has 1 aromatic carbocycles. The van der Waals surface area contributed by atoms with Gasteiger partial charge in [-0.1, -0.05) is 6.07 Å². The molecule has 1 saturated heterocycles. The number of halogens is 1. The molecule has 1 fully saturated rings. The molecule has 1 atom stereocenters. The third-order valence-corrected chi connectivity index (χ3v) is 3.65. The van der Waals surface area contributed by atoms with Gasteiger partial charge in [0.05, 0.1) is 0 Å². The third-order valence-electron chi connectivity index (χ3n) is 3.65. The zero-order chi connectivity index (χ0) is 15.2. The summed E-state index contributed by atoms with van der Waals surface area (Å²) in [4.78, 5) is 24.4. The van der Waals surface area contributed by atoms with E-state index in [0.29, 0.717) is 25.2 Å². The van der Waals surface area contributed by atoms with E-state index in [1.165, 1.54) is 18.2 Å². The molecule has 0 bridgehead atoms. The van der Waals surface area contributed by atoms with Crippen LogP contribution in [-0.4, -0.2) is 35.1 Å². The van der Waals surface area contributed by atoms with Gasteiger partial charge in [-0.25, -0.2) is 9.18 Å². The first kappa shape index (κ1) is 15.3. The Morgan fingerprint density at radius 2 is 2.24 bits per heavy atom. The average Bonchev–Trinajstić information content (AvgIpc) is 2.45. The SMILES string of the molecule is O=C(O)CCC1CCCN(C(=O)Nc2cccc(F)c2)C1. The third kappa shape index (κ3) is 4.73. The highest BCUT2D eigenvalue weighted by atomic mass is 19.1. The van der Waals surface area contributed by atoms with Crippen molar-refractivity contribution >= 4 is 17.7 Å². The molecule has 0 saturated carbocycles. The minimum atomic E-state index is -0.809. The second kappa shape index (κ2) is 7.06. The van der Waals surface area contributed by atoms with Gasteiger partial charge < -0.3 is 15.3 Å². The Kier molecular flexibility index (Phi) is 5.14. The van der Waals surface area contributed by atoms with Gasteiger partial charge in [-0.2, -0.15) is 0 Å². The van der Waals surface area contributed by atoms with Gasteiger partial charge in [0.25, 0.3) is 0 Å². The van der Waals surface area contributed by atoms with Crippen molar-refractivity contribution in [1.82, 2.24) is 4.90 Å². The summed E-state index contributed by atoms with van der Waals surface area (Å²) in [5.41, 5.74) is 0.424. The van der Waals surface area contributed by atoms with E-state index < -0.39 is 11.8 Å². The van der Waals surface area contributed by atoms with Gasteiger partial charge in [0.15, 0.2) is 0 Å². The minimum absolute atomic E-state index is 0.129. The molecule has 114 valence electrons. The van der Waals surface area contributed by atoms with Crippen molar-refractivity contribution in [1.29, 1.82) is 0 Å². The summed E-state index contributed by atoms with van der Waals surface area (Å²) < 4.78 is 13.1. The first-order valence-electron chi connectivity index (χ1n) is 7.08. The Morgan fingerprint density at radius 1 is 1.43 bits per heavy atom. The largest absolute Gasteiger partial charge is 0.481 e. The van der Waals surface area contributed by atoms with Gasteiger partial charge in [0.1, 0.15) is 5.82 Å². The number of carbonyl (C=O) groups is 2. The number of nitrogens with one attached hydrogen (secondary N) is 1. The Labute approximate surface area is 122 Å². The van der Waals surface area contributed by atoms with Gasteiger partial charge in [-0.3, -0.25) is 4.79 Å². The molecular weight excluding hydrogens is 275 g/mol. The molecule has 1 aromatic rings. The van der Waals surface area contributed by atoms with E-state index in [4.69, 9.17) is 5.11 Å². The number of amides is 2. The van der Waals surface area contributed by atoms with E-state index in [2.05, 4.69) is 5.32 Å². The number of hydrogen-bond acceptors (Lipinski definition) is 2. The number of carboxylic acids is 1. The monoisotopic (exact) mass is 294 g/mol. The first-order chi connectivity index (χ1) is 10.0. The van der Waals surface area contributed by atoms with Crippen molar-refractivity contribution in [2.45, 2.75) is 25.7 Å². The van der Waals surface area contributed by atoms with Crippen molar-refractivity contribution in [3.8, 4) is 0 Å². The fraction of sp³-hybridized carbons (Fsp3) is 0.467. The number of anilines is 1. The lowest BCUT2D eigenvalue weighted by molar-refractivity contribution is -0.137. The molecule has 0 aliphatic carbocycles. The van der Waals surface area contributed by atoms with Gasteiger partial charge in [-0.15, -0.1) is 0 Å². The fourth-order valence-corrected chi connectivity index (χ4v) is 2.58. The van der Waals surface area contributed by atoms with Crippen LogP contribution in [0.3, 0.4) is 0 Å². The molecule has 2 rings (SSSR count). The highest BCUT2D eigenvalue weighted by molar-refractivity contribution is 5.89. The highest BCUT2D eigenvalue weighted by Crippen LogP contribution is 2.22. The van der Waals surface area contributed by atoms with Gasteiger partial charge in [-0.05, 0) is 43.4 Å². The summed E-state index contributed by atoms with van der Waals surface area (Å²) in [6, 6.07) is 5.49. The van der Waals surface area contributed by atoms with Crippen LogP contribution in [0.1, 0.15) is 25.7 Å². The lowest BCUT2D eigenvalue weighted by Crippen LogP contribution is -2.42. The summed E-state index contributed by atoms with van der Waals surface area (Å²) in [6.45, 7) is 1.19. The van der Waals surface area contributed by atoms with E-state index in [9.17, 15) is 14.0 Å². The van der Waals surface area contributed by atoms with Gasteiger partial charge in [0, 0.05) is 25.2 Å². The zero-order valence-electron chi connectivity index (χ0n) is 11.7. The molecule has 21 heavy (non-hydrogen) atoms. The molecule has 1 aliphatic heterocycles. The fourth-order valence-electron chi connectivity index (χ4n) is 2.58. The average molecular weight is 294 g/mol. The number of likely N-dealkylation sites (tertiary alicyclic amines) is 1. The summed E-state index contributed by atoms with van der Waals surface area (Å²) in [7, 11) is 0. The number of aliphatic carboxylic acids is 1. The molecule has 1 unspecified atom stereocenters. The normalized spacial score (nSPS) is 18.3. The Bertz CT molecular complexity index is 521. The van der Waals surface area contributed by atoms with Crippen LogP contribution in [-0.2, 0) is 4.79 Å². The van der Waals surface area contributed by atoms with E-state index in [1.54, 1.807) is 11.0 Å². The number of nitrogens with zero attached hydrogens (tertiary/aromatic N) is 1. The van der Waals surface area contributed by atoms with Crippen molar-refractivity contribution in [3.05, 3.63) is 30.1 Å². The van der Waals surface area contributed by atoms with E-state index in [0.717, 1.165) is 12.8 Å². The number of hydrogen-bond donors (Lipinski definition) is 2. The first-order valence-corrected chi connectivity index (χ1v) is 7.08. The Balaban J connectivity index is 1.88. The molecule has 0 radical (unpaired) electrons. The molecule has 5 nitrogen and oxygen atoms in total. The maximum atomic E-state index is 13.1. The van der Waals surface area contributed by atoms with E-state index in [1.807, 2.05) is 0 Å². The lowest BCUT2D eigenvalue weighted by atomic mass is 9.93. The smallest absolute Gasteiger partial charge is 0.321 e. The van der Waals surface area contributed by atoms with Crippen LogP contribution in [0.15, 0.2) is 24.3 Å². The van der Waals surface area contributed by atoms with Crippen molar-refractivity contribution < 1.29 is 19.1 Å². The number of carbonyl (C=O) groups excluding carboxylic acids is 1. The topological polar surface area (TPSA) is 69.6 Å². The minimum Gasteiger partial charge on any atom is -0.481 e. The Hall–Kier alpha value is -2.11. The second-order valence-electron chi connectivity index (χ2n) is 5.33. The number of carboxylic acid groups (broad SMARTS) is 1. The standard InChI is InChI=1S/C15H19FN2O3/c16-12-4-1-5-13(9-12)17-15(21)18-8-2-3-11(10-18)6-7-14(19)20/h1,4-5,9,11H,2-3,6-8,10H2,(H,17,21)(H,19,20). The number of piperidine rings is 1. The van der Waals surface area contributed by atoms with Crippen LogP contribution in [0, 0.1) is 11.7 Å². The van der Waals surface area contributed by atoms with Crippen molar-refractivity contribution in [2.75, 3.05) is 18.4 Å². The quantitative estimate of drug-likeness (QED) is 0.897. The molecule has 2 amide bonds. The Morgan fingerprint density at radius 3 is 2.95 bits per heavy atom. The van der Waals surface area contributed by atoms with Gasteiger partial charge >= 0.3 is 12.0 Å². The molecule has 1 aliphatic rings. The maximum Gasteiger partial charge on any atom is 0.321 e. The molecule has 2 N–H and O–H groups in total. The van der Waals surface area contributed by atoms with Crippen LogP contribution in [0.5, 0.6) is 0 Å². The number of urea groups is 1. The summed E-state index contributed by atoms with van der Waals surface area (Å²) in [5.74, 6) is -0.991. The van der Waals surface area contributed by atoms with Gasteiger partial charge in [0.2, 0.25) is 0 Å². The summed E-state index contributed by atoms with van der Waals surface area (Å²) >= 11 is 0. The molecule has 1 heterocycles. The maximum absolute atomic E-state index is 13.1. The van der Waals surface area contributed by atoms with Crippen LogP contribution in [0.4, 0.5) is 14.9 Å². The predicted molar refractivity (Wildman–Crippen MR) is 76.6 cm³/mol. The zero-order valence-corrected chi connectivity index (χ0v) is 11.7. The van der Waals surface area contributed by atoms with E-state index in [-0.39, 0.29) is 18.4 Å².